The highest BCUT2D eigenvalue weighted by atomic mass is 35.5. The Kier molecular flexibility index (Phi) is 6.27. The van der Waals surface area contributed by atoms with Gasteiger partial charge < -0.3 is 9.64 Å². The predicted octanol–water partition coefficient (Wildman–Crippen LogP) is 2.80. The lowest BCUT2D eigenvalue weighted by atomic mass is 10.1. The van der Waals surface area contributed by atoms with Crippen LogP contribution in [0.25, 0.3) is 0 Å². The van der Waals surface area contributed by atoms with Crippen LogP contribution in [-0.2, 0) is 6.42 Å². The molecule has 0 N–H and O–H groups in total. The average Bonchev–Trinajstić information content (AvgIpc) is 2.35. The molecule has 90 valence electrons. The summed E-state index contributed by atoms with van der Waals surface area (Å²) >= 11 is 5.74. The SMILES string of the molecule is CCN(CCCl)CCc1ccc(OC)cc1. The summed E-state index contributed by atoms with van der Waals surface area (Å²) < 4.78 is 5.13. The van der Waals surface area contributed by atoms with Gasteiger partial charge >= 0.3 is 0 Å². The molecule has 1 rings (SSSR count). The van der Waals surface area contributed by atoms with Crippen LogP contribution in [0.5, 0.6) is 5.75 Å². The van der Waals surface area contributed by atoms with Gasteiger partial charge in [-0.3, -0.25) is 0 Å². The highest BCUT2D eigenvalue weighted by molar-refractivity contribution is 6.18. The van der Waals surface area contributed by atoms with Gasteiger partial charge in [-0.25, -0.2) is 0 Å². The fourth-order valence-electron chi connectivity index (χ4n) is 1.63. The summed E-state index contributed by atoms with van der Waals surface area (Å²) in [6, 6.07) is 8.25. The summed E-state index contributed by atoms with van der Waals surface area (Å²) in [5.74, 6) is 1.62. The lowest BCUT2D eigenvalue weighted by Crippen LogP contribution is -2.27. The maximum atomic E-state index is 5.74. The van der Waals surface area contributed by atoms with E-state index in [0.717, 1.165) is 31.8 Å². The third-order valence-electron chi connectivity index (χ3n) is 2.72. The maximum absolute atomic E-state index is 5.74. The van der Waals surface area contributed by atoms with Crippen LogP contribution in [0.3, 0.4) is 0 Å². The standard InChI is InChI=1S/C13H20ClNO/c1-3-15(11-9-14)10-8-12-4-6-13(16-2)7-5-12/h4-7H,3,8-11H2,1-2H3. The van der Waals surface area contributed by atoms with Crippen LogP contribution in [0.4, 0.5) is 0 Å². The first-order valence-electron chi connectivity index (χ1n) is 5.71. The van der Waals surface area contributed by atoms with E-state index < -0.39 is 0 Å². The summed E-state index contributed by atoms with van der Waals surface area (Å²) in [6.45, 7) is 5.26. The lowest BCUT2D eigenvalue weighted by molar-refractivity contribution is 0.309. The van der Waals surface area contributed by atoms with E-state index in [1.807, 2.05) is 12.1 Å². The molecule has 1 aromatic rings. The molecule has 0 saturated carbocycles. The molecular weight excluding hydrogens is 222 g/mol. The number of hydrogen-bond acceptors (Lipinski definition) is 2. The van der Waals surface area contributed by atoms with Crippen LogP contribution >= 0.6 is 11.6 Å². The summed E-state index contributed by atoms with van der Waals surface area (Å²) in [5.41, 5.74) is 1.34. The van der Waals surface area contributed by atoms with Crippen molar-refractivity contribution in [2.24, 2.45) is 0 Å². The van der Waals surface area contributed by atoms with Crippen molar-refractivity contribution in [1.29, 1.82) is 0 Å². The highest BCUT2D eigenvalue weighted by Crippen LogP contribution is 2.11. The molecule has 0 aliphatic rings. The van der Waals surface area contributed by atoms with Crippen LogP contribution in [0.15, 0.2) is 24.3 Å². The second-order valence-electron chi connectivity index (χ2n) is 3.72. The summed E-state index contributed by atoms with van der Waals surface area (Å²) in [5, 5.41) is 0. The third-order valence-corrected chi connectivity index (χ3v) is 2.89. The molecule has 1 aromatic carbocycles. The smallest absolute Gasteiger partial charge is 0.118 e. The van der Waals surface area contributed by atoms with E-state index in [1.165, 1.54) is 5.56 Å². The molecule has 0 radical (unpaired) electrons. The van der Waals surface area contributed by atoms with E-state index in [1.54, 1.807) is 7.11 Å². The minimum Gasteiger partial charge on any atom is -0.497 e. The Bertz CT molecular complexity index is 286. The van der Waals surface area contributed by atoms with Crippen LogP contribution in [0, 0.1) is 0 Å². The minimum absolute atomic E-state index is 0.705. The Balaban J connectivity index is 2.40. The Morgan fingerprint density at radius 1 is 1.19 bits per heavy atom. The van der Waals surface area contributed by atoms with Gasteiger partial charge in [0.1, 0.15) is 5.75 Å². The van der Waals surface area contributed by atoms with Gasteiger partial charge in [-0.2, -0.15) is 0 Å². The van der Waals surface area contributed by atoms with Crippen molar-refractivity contribution in [2.45, 2.75) is 13.3 Å². The second-order valence-corrected chi connectivity index (χ2v) is 4.10. The molecule has 0 saturated heterocycles. The molecule has 0 aliphatic carbocycles. The molecule has 0 aromatic heterocycles. The first kappa shape index (κ1) is 13.3. The monoisotopic (exact) mass is 241 g/mol. The van der Waals surface area contributed by atoms with Crippen molar-refractivity contribution >= 4 is 11.6 Å². The van der Waals surface area contributed by atoms with E-state index >= 15 is 0 Å². The first-order chi connectivity index (χ1) is 7.80. The zero-order valence-corrected chi connectivity index (χ0v) is 10.8. The molecule has 0 aliphatic heterocycles. The summed E-state index contributed by atoms with van der Waals surface area (Å²) in [4.78, 5) is 2.36. The zero-order chi connectivity index (χ0) is 11.8. The zero-order valence-electron chi connectivity index (χ0n) is 10.1. The van der Waals surface area contributed by atoms with E-state index in [9.17, 15) is 0 Å². The van der Waals surface area contributed by atoms with Crippen LogP contribution in [0.2, 0.25) is 0 Å². The van der Waals surface area contributed by atoms with Gasteiger partial charge in [0.05, 0.1) is 7.11 Å². The average molecular weight is 242 g/mol. The number of methoxy groups -OCH3 is 1. The largest absolute Gasteiger partial charge is 0.497 e. The van der Waals surface area contributed by atoms with E-state index in [4.69, 9.17) is 16.3 Å². The molecule has 0 amide bonds. The number of rotatable bonds is 7. The van der Waals surface area contributed by atoms with Gasteiger partial charge in [-0.15, -0.1) is 11.6 Å². The van der Waals surface area contributed by atoms with Crippen LogP contribution in [0.1, 0.15) is 12.5 Å². The van der Waals surface area contributed by atoms with Gasteiger partial charge in [0.25, 0.3) is 0 Å². The minimum atomic E-state index is 0.705. The molecule has 0 bridgehead atoms. The maximum Gasteiger partial charge on any atom is 0.118 e. The second kappa shape index (κ2) is 7.53. The van der Waals surface area contributed by atoms with Crippen molar-refractivity contribution in [3.8, 4) is 5.75 Å². The van der Waals surface area contributed by atoms with Crippen molar-refractivity contribution in [2.75, 3.05) is 32.6 Å². The van der Waals surface area contributed by atoms with Gasteiger partial charge in [0.15, 0.2) is 0 Å². The van der Waals surface area contributed by atoms with E-state index in [2.05, 4.69) is 24.0 Å². The van der Waals surface area contributed by atoms with Gasteiger partial charge in [0.2, 0.25) is 0 Å². The van der Waals surface area contributed by atoms with E-state index in [0.29, 0.717) is 5.88 Å². The molecule has 0 fully saturated rings. The number of ether oxygens (including phenoxy) is 1. The number of halogens is 1. The lowest BCUT2D eigenvalue weighted by Gasteiger charge is -2.18. The molecule has 0 atom stereocenters. The van der Waals surface area contributed by atoms with Gasteiger partial charge in [0, 0.05) is 19.0 Å². The first-order valence-corrected chi connectivity index (χ1v) is 6.24. The third kappa shape index (κ3) is 4.42. The summed E-state index contributed by atoms with van der Waals surface area (Å²) in [6.07, 6.45) is 1.06. The number of likely N-dealkylation sites (N-methyl/N-ethyl adjacent to an activating group) is 1. The Morgan fingerprint density at radius 3 is 2.38 bits per heavy atom. The number of alkyl halides is 1. The topological polar surface area (TPSA) is 12.5 Å². The Morgan fingerprint density at radius 2 is 1.88 bits per heavy atom. The van der Waals surface area contributed by atoms with Gasteiger partial charge in [-0.05, 0) is 30.7 Å². The molecular formula is C13H20ClNO. The molecule has 16 heavy (non-hydrogen) atoms. The fourth-order valence-corrected chi connectivity index (χ4v) is 1.87. The number of benzene rings is 1. The molecule has 2 nitrogen and oxygen atoms in total. The van der Waals surface area contributed by atoms with Crippen molar-refractivity contribution < 1.29 is 4.74 Å². The quantitative estimate of drug-likeness (QED) is 0.681. The highest BCUT2D eigenvalue weighted by Gasteiger charge is 2.01. The van der Waals surface area contributed by atoms with Crippen molar-refractivity contribution in [1.82, 2.24) is 4.90 Å². The van der Waals surface area contributed by atoms with Gasteiger partial charge in [-0.1, -0.05) is 19.1 Å². The molecule has 0 unspecified atom stereocenters. The fraction of sp³-hybridized carbons (Fsp3) is 0.538. The van der Waals surface area contributed by atoms with Crippen molar-refractivity contribution in [3.05, 3.63) is 29.8 Å². The summed E-state index contributed by atoms with van der Waals surface area (Å²) in [7, 11) is 1.69. The van der Waals surface area contributed by atoms with Crippen molar-refractivity contribution in [3.63, 3.8) is 0 Å². The van der Waals surface area contributed by atoms with Crippen LogP contribution in [-0.4, -0.2) is 37.5 Å². The molecule has 0 heterocycles. The number of nitrogens with zero attached hydrogens (tertiary/aromatic N) is 1. The normalized spacial score (nSPS) is 10.8. The number of hydrogen-bond donors (Lipinski definition) is 0. The molecule has 3 heteroatoms. The Labute approximate surface area is 103 Å². The van der Waals surface area contributed by atoms with Crippen LogP contribution < -0.4 is 4.74 Å². The molecule has 0 spiro atoms. The predicted molar refractivity (Wildman–Crippen MR) is 69.5 cm³/mol. The van der Waals surface area contributed by atoms with E-state index in [-0.39, 0.29) is 0 Å². The Hall–Kier alpha value is -0.730.